The standard InChI is InChI=1S/C19H28FNO2/c1-13-5-4-9-19(2,3)15(13)12-23-18-11-14(6-7-16(18)20)17(22)8-10-21/h6-7,11,17,22H,4-5,8-10,12,21H2,1-3H3. The first-order chi connectivity index (χ1) is 10.8. The van der Waals surface area contributed by atoms with Crippen LogP contribution in [0.5, 0.6) is 5.75 Å². The van der Waals surface area contributed by atoms with Gasteiger partial charge in [-0.15, -0.1) is 0 Å². The zero-order chi connectivity index (χ0) is 17.0. The summed E-state index contributed by atoms with van der Waals surface area (Å²) in [5.74, 6) is -0.208. The molecule has 0 heterocycles. The maximum atomic E-state index is 14.0. The van der Waals surface area contributed by atoms with Crippen molar-refractivity contribution in [3.63, 3.8) is 0 Å². The van der Waals surface area contributed by atoms with Crippen molar-refractivity contribution >= 4 is 0 Å². The van der Waals surface area contributed by atoms with Crippen LogP contribution in [0.1, 0.15) is 58.1 Å². The third-order valence-corrected chi connectivity index (χ3v) is 4.84. The maximum Gasteiger partial charge on any atom is 0.165 e. The van der Waals surface area contributed by atoms with Crippen molar-refractivity contribution in [1.82, 2.24) is 0 Å². The number of aliphatic hydroxyl groups excluding tert-OH is 1. The molecule has 0 spiro atoms. The lowest BCUT2D eigenvalue weighted by Crippen LogP contribution is -2.24. The first kappa shape index (κ1) is 18.0. The minimum Gasteiger partial charge on any atom is -0.486 e. The first-order valence-corrected chi connectivity index (χ1v) is 8.34. The number of ether oxygens (including phenoxy) is 1. The summed E-state index contributed by atoms with van der Waals surface area (Å²) >= 11 is 0. The Morgan fingerprint density at radius 1 is 1.39 bits per heavy atom. The fourth-order valence-corrected chi connectivity index (χ4v) is 3.31. The zero-order valence-electron chi connectivity index (χ0n) is 14.4. The smallest absolute Gasteiger partial charge is 0.165 e. The third kappa shape index (κ3) is 4.33. The molecule has 0 amide bonds. The van der Waals surface area contributed by atoms with Gasteiger partial charge in [0.2, 0.25) is 0 Å². The molecule has 1 aromatic rings. The van der Waals surface area contributed by atoms with Crippen molar-refractivity contribution < 1.29 is 14.2 Å². The lowest BCUT2D eigenvalue weighted by molar-refractivity contribution is 0.169. The Balaban J connectivity index is 2.15. The van der Waals surface area contributed by atoms with E-state index in [9.17, 15) is 9.50 Å². The number of rotatable bonds is 6. The highest BCUT2D eigenvalue weighted by molar-refractivity contribution is 5.33. The van der Waals surface area contributed by atoms with E-state index >= 15 is 0 Å². The summed E-state index contributed by atoms with van der Waals surface area (Å²) in [5.41, 5.74) is 8.81. The highest BCUT2D eigenvalue weighted by Gasteiger charge is 2.28. The van der Waals surface area contributed by atoms with Crippen molar-refractivity contribution in [2.45, 2.75) is 52.6 Å². The Morgan fingerprint density at radius 3 is 2.78 bits per heavy atom. The molecule has 128 valence electrons. The van der Waals surface area contributed by atoms with E-state index in [0.717, 1.165) is 12.8 Å². The molecule has 3 nitrogen and oxygen atoms in total. The summed E-state index contributed by atoms with van der Waals surface area (Å²) in [6.45, 7) is 7.34. The molecule has 0 aliphatic heterocycles. The molecular formula is C19H28FNO2. The van der Waals surface area contributed by atoms with Crippen LogP contribution in [0.25, 0.3) is 0 Å². The second-order valence-electron chi connectivity index (χ2n) is 7.07. The maximum absolute atomic E-state index is 14.0. The van der Waals surface area contributed by atoms with Gasteiger partial charge >= 0.3 is 0 Å². The molecule has 0 aromatic heterocycles. The summed E-state index contributed by atoms with van der Waals surface area (Å²) in [5, 5.41) is 10.0. The Labute approximate surface area is 138 Å². The average Bonchev–Trinajstić information content (AvgIpc) is 2.48. The monoisotopic (exact) mass is 321 g/mol. The molecule has 3 N–H and O–H groups in total. The number of nitrogens with two attached hydrogens (primary N) is 1. The number of allylic oxidation sites excluding steroid dienone is 1. The predicted octanol–water partition coefficient (Wildman–Crippen LogP) is 4.11. The lowest BCUT2D eigenvalue weighted by Gasteiger charge is -2.34. The molecule has 0 saturated heterocycles. The van der Waals surface area contributed by atoms with Crippen molar-refractivity contribution in [3.8, 4) is 5.75 Å². The molecule has 1 atom stereocenters. The minimum absolute atomic E-state index is 0.0927. The van der Waals surface area contributed by atoms with Crippen LogP contribution in [-0.4, -0.2) is 18.3 Å². The van der Waals surface area contributed by atoms with Crippen LogP contribution in [0.4, 0.5) is 4.39 Å². The van der Waals surface area contributed by atoms with E-state index in [2.05, 4.69) is 20.8 Å². The number of halogens is 1. The highest BCUT2D eigenvalue weighted by Crippen LogP contribution is 2.40. The van der Waals surface area contributed by atoms with Crippen LogP contribution in [-0.2, 0) is 0 Å². The lowest BCUT2D eigenvalue weighted by atomic mass is 9.73. The van der Waals surface area contributed by atoms with E-state index in [1.807, 2.05) is 0 Å². The predicted molar refractivity (Wildman–Crippen MR) is 90.9 cm³/mol. The molecule has 4 heteroatoms. The average molecular weight is 321 g/mol. The van der Waals surface area contributed by atoms with Crippen LogP contribution in [0, 0.1) is 11.2 Å². The van der Waals surface area contributed by atoms with Crippen molar-refractivity contribution in [2.24, 2.45) is 11.1 Å². The van der Waals surface area contributed by atoms with Crippen LogP contribution < -0.4 is 10.5 Å². The Bertz CT molecular complexity index is 581. The third-order valence-electron chi connectivity index (χ3n) is 4.84. The van der Waals surface area contributed by atoms with Gasteiger partial charge in [-0.1, -0.05) is 25.5 Å². The van der Waals surface area contributed by atoms with Crippen LogP contribution >= 0.6 is 0 Å². The number of aliphatic hydroxyl groups is 1. The van der Waals surface area contributed by atoms with Gasteiger partial charge in [0.25, 0.3) is 0 Å². The fourth-order valence-electron chi connectivity index (χ4n) is 3.31. The zero-order valence-corrected chi connectivity index (χ0v) is 14.4. The molecule has 1 aromatic carbocycles. The molecule has 1 aliphatic carbocycles. The van der Waals surface area contributed by atoms with Gasteiger partial charge in [0.1, 0.15) is 6.61 Å². The second kappa shape index (κ2) is 7.45. The SMILES string of the molecule is CC1=C(COc2cc(C(O)CCN)ccc2F)C(C)(C)CCC1. The van der Waals surface area contributed by atoms with Crippen LogP contribution in [0.15, 0.2) is 29.3 Å². The van der Waals surface area contributed by atoms with Gasteiger partial charge in [0.15, 0.2) is 11.6 Å². The van der Waals surface area contributed by atoms with Gasteiger partial charge in [-0.05, 0) is 67.8 Å². The minimum atomic E-state index is -0.685. The van der Waals surface area contributed by atoms with Crippen molar-refractivity contribution in [1.29, 1.82) is 0 Å². The van der Waals surface area contributed by atoms with Crippen molar-refractivity contribution in [2.75, 3.05) is 13.2 Å². The molecule has 1 aliphatic rings. The molecule has 0 fully saturated rings. The summed E-state index contributed by atoms with van der Waals surface area (Å²) in [6, 6.07) is 4.51. The van der Waals surface area contributed by atoms with E-state index in [4.69, 9.17) is 10.5 Å². The summed E-state index contributed by atoms with van der Waals surface area (Å²) in [7, 11) is 0. The molecular weight excluding hydrogens is 293 g/mol. The fraction of sp³-hybridized carbons (Fsp3) is 0.579. The summed E-state index contributed by atoms with van der Waals surface area (Å²) in [4.78, 5) is 0. The Hall–Kier alpha value is -1.39. The van der Waals surface area contributed by atoms with Gasteiger partial charge in [-0.3, -0.25) is 0 Å². The van der Waals surface area contributed by atoms with E-state index in [-0.39, 0.29) is 11.2 Å². The Kier molecular flexibility index (Phi) is 5.82. The van der Waals surface area contributed by atoms with Crippen LogP contribution in [0.3, 0.4) is 0 Å². The van der Waals surface area contributed by atoms with E-state index in [1.54, 1.807) is 12.1 Å². The number of hydrogen-bond acceptors (Lipinski definition) is 3. The molecule has 0 radical (unpaired) electrons. The van der Waals surface area contributed by atoms with Gasteiger partial charge < -0.3 is 15.6 Å². The summed E-state index contributed by atoms with van der Waals surface area (Å²) < 4.78 is 19.8. The number of benzene rings is 1. The number of hydrogen-bond donors (Lipinski definition) is 2. The summed E-state index contributed by atoms with van der Waals surface area (Å²) in [6.07, 6.45) is 3.16. The van der Waals surface area contributed by atoms with Gasteiger partial charge in [0, 0.05) is 0 Å². The Morgan fingerprint density at radius 2 is 2.13 bits per heavy atom. The molecule has 1 unspecified atom stereocenters. The molecule has 0 saturated carbocycles. The quantitative estimate of drug-likeness (QED) is 0.775. The van der Waals surface area contributed by atoms with Gasteiger partial charge in [-0.2, -0.15) is 0 Å². The van der Waals surface area contributed by atoms with Crippen LogP contribution in [0.2, 0.25) is 0 Å². The van der Waals surface area contributed by atoms with E-state index < -0.39 is 11.9 Å². The first-order valence-electron chi connectivity index (χ1n) is 8.34. The van der Waals surface area contributed by atoms with E-state index in [1.165, 1.54) is 23.6 Å². The highest BCUT2D eigenvalue weighted by atomic mass is 19.1. The van der Waals surface area contributed by atoms with E-state index in [0.29, 0.717) is 25.1 Å². The second-order valence-corrected chi connectivity index (χ2v) is 7.07. The molecule has 2 rings (SSSR count). The molecule has 0 bridgehead atoms. The largest absolute Gasteiger partial charge is 0.486 e. The van der Waals surface area contributed by atoms with Crippen molar-refractivity contribution in [3.05, 3.63) is 40.7 Å². The normalized spacial score (nSPS) is 18.9. The molecule has 23 heavy (non-hydrogen) atoms. The topological polar surface area (TPSA) is 55.5 Å². The van der Waals surface area contributed by atoms with Gasteiger partial charge in [0.05, 0.1) is 6.10 Å². The van der Waals surface area contributed by atoms with Gasteiger partial charge in [-0.25, -0.2) is 4.39 Å².